The van der Waals surface area contributed by atoms with E-state index in [1.165, 1.54) is 6.33 Å². The molecule has 0 saturated carbocycles. The predicted octanol–water partition coefficient (Wildman–Crippen LogP) is 0.504. The van der Waals surface area contributed by atoms with E-state index in [2.05, 4.69) is 15.3 Å². The zero-order valence-electron chi connectivity index (χ0n) is 11.8. The molecule has 2 rings (SSSR count). The lowest BCUT2D eigenvalue weighted by molar-refractivity contribution is -0.135. The summed E-state index contributed by atoms with van der Waals surface area (Å²) in [6.45, 7) is 5.05. The Balaban J connectivity index is 2.09. The van der Waals surface area contributed by atoms with E-state index in [-0.39, 0.29) is 17.6 Å². The number of likely N-dealkylation sites (N-methyl/N-ethyl adjacent to an activating group) is 1. The van der Waals surface area contributed by atoms with Crippen LogP contribution in [0.1, 0.15) is 31.1 Å². The Morgan fingerprint density at radius 1 is 1.63 bits per heavy atom. The number of nitrogens with one attached hydrogen (secondary N) is 1. The summed E-state index contributed by atoms with van der Waals surface area (Å²) in [6.07, 6.45) is 3.21. The van der Waals surface area contributed by atoms with Gasteiger partial charge in [-0.1, -0.05) is 0 Å². The summed E-state index contributed by atoms with van der Waals surface area (Å²) >= 11 is 0. The van der Waals surface area contributed by atoms with Crippen molar-refractivity contribution >= 4 is 5.91 Å². The molecule has 1 N–H and O–H groups in total. The van der Waals surface area contributed by atoms with Gasteiger partial charge in [0.2, 0.25) is 5.91 Å². The SMILES string of the molecule is COC(C)(C)CN(C)C(=O)C1NCc2ncncc21. The van der Waals surface area contributed by atoms with Crippen LogP contribution in [0.25, 0.3) is 0 Å². The van der Waals surface area contributed by atoms with Crippen molar-refractivity contribution in [1.29, 1.82) is 0 Å². The molecule has 0 aromatic carbocycles. The Labute approximate surface area is 113 Å². The molecule has 0 bridgehead atoms. The van der Waals surface area contributed by atoms with Gasteiger partial charge in [0.15, 0.2) is 0 Å². The van der Waals surface area contributed by atoms with E-state index in [9.17, 15) is 4.79 Å². The Morgan fingerprint density at radius 3 is 3.05 bits per heavy atom. The third-order valence-electron chi connectivity index (χ3n) is 3.41. The van der Waals surface area contributed by atoms with Gasteiger partial charge in [0, 0.05) is 39.0 Å². The van der Waals surface area contributed by atoms with Gasteiger partial charge in [-0.05, 0) is 13.8 Å². The molecule has 0 saturated heterocycles. The summed E-state index contributed by atoms with van der Waals surface area (Å²) in [5, 5.41) is 3.17. The third-order valence-corrected chi connectivity index (χ3v) is 3.41. The normalized spacial score (nSPS) is 18.2. The summed E-state index contributed by atoms with van der Waals surface area (Å²) in [6, 6.07) is -0.353. The van der Waals surface area contributed by atoms with Crippen LogP contribution < -0.4 is 5.32 Å². The molecular weight excluding hydrogens is 244 g/mol. The minimum atomic E-state index is -0.362. The molecule has 2 heterocycles. The minimum Gasteiger partial charge on any atom is -0.377 e. The van der Waals surface area contributed by atoms with Crippen LogP contribution in [0, 0.1) is 0 Å². The van der Waals surface area contributed by atoms with Crippen molar-refractivity contribution in [2.24, 2.45) is 0 Å². The Hall–Kier alpha value is -1.53. The molecule has 1 atom stereocenters. The Bertz CT molecular complexity index is 475. The highest BCUT2D eigenvalue weighted by atomic mass is 16.5. The first-order valence-electron chi connectivity index (χ1n) is 6.27. The predicted molar refractivity (Wildman–Crippen MR) is 70.3 cm³/mol. The molecule has 0 fully saturated rings. The number of rotatable bonds is 4. The number of hydrogen-bond acceptors (Lipinski definition) is 5. The van der Waals surface area contributed by atoms with E-state index in [0.717, 1.165) is 11.3 Å². The van der Waals surface area contributed by atoms with Gasteiger partial charge < -0.3 is 9.64 Å². The second-order valence-electron chi connectivity index (χ2n) is 5.40. The average molecular weight is 264 g/mol. The second-order valence-corrected chi connectivity index (χ2v) is 5.40. The Morgan fingerprint density at radius 2 is 2.37 bits per heavy atom. The zero-order chi connectivity index (χ0) is 14.0. The first kappa shape index (κ1) is 13.9. The number of amides is 1. The number of hydrogen-bond donors (Lipinski definition) is 1. The van der Waals surface area contributed by atoms with Crippen molar-refractivity contribution in [3.05, 3.63) is 23.8 Å². The number of carbonyl (C=O) groups is 1. The fourth-order valence-electron chi connectivity index (χ4n) is 2.22. The van der Waals surface area contributed by atoms with E-state index in [1.807, 2.05) is 13.8 Å². The standard InChI is InChI=1S/C13H20N4O2/c1-13(2,19-4)7-17(3)12(18)11-9-5-14-8-16-10(9)6-15-11/h5,8,11,15H,6-7H2,1-4H3. The molecule has 0 radical (unpaired) electrons. The smallest absolute Gasteiger partial charge is 0.244 e. The molecule has 1 unspecified atom stereocenters. The van der Waals surface area contributed by atoms with Crippen molar-refractivity contribution < 1.29 is 9.53 Å². The van der Waals surface area contributed by atoms with Crippen LogP contribution in [0.2, 0.25) is 0 Å². The van der Waals surface area contributed by atoms with Crippen molar-refractivity contribution in [1.82, 2.24) is 20.2 Å². The highest BCUT2D eigenvalue weighted by molar-refractivity contribution is 5.84. The molecule has 6 heteroatoms. The van der Waals surface area contributed by atoms with Crippen molar-refractivity contribution in [2.75, 3.05) is 20.7 Å². The van der Waals surface area contributed by atoms with Gasteiger partial charge in [0.25, 0.3) is 0 Å². The van der Waals surface area contributed by atoms with E-state index in [4.69, 9.17) is 4.74 Å². The van der Waals surface area contributed by atoms with Gasteiger partial charge in [-0.3, -0.25) is 10.1 Å². The van der Waals surface area contributed by atoms with Crippen LogP contribution in [0.15, 0.2) is 12.5 Å². The van der Waals surface area contributed by atoms with Gasteiger partial charge in [0.05, 0.1) is 11.3 Å². The quantitative estimate of drug-likeness (QED) is 0.858. The maximum atomic E-state index is 12.5. The largest absolute Gasteiger partial charge is 0.377 e. The first-order valence-corrected chi connectivity index (χ1v) is 6.27. The molecule has 0 spiro atoms. The van der Waals surface area contributed by atoms with Crippen LogP contribution in [0.5, 0.6) is 0 Å². The number of methoxy groups -OCH3 is 1. The fraction of sp³-hybridized carbons (Fsp3) is 0.615. The van der Waals surface area contributed by atoms with Crippen LogP contribution in [0.3, 0.4) is 0 Å². The van der Waals surface area contributed by atoms with Gasteiger partial charge in [0.1, 0.15) is 12.4 Å². The lowest BCUT2D eigenvalue weighted by Gasteiger charge is -2.30. The number of fused-ring (bicyclic) bond motifs is 1. The fourth-order valence-corrected chi connectivity index (χ4v) is 2.22. The van der Waals surface area contributed by atoms with Crippen LogP contribution >= 0.6 is 0 Å². The molecule has 1 aromatic rings. The highest BCUT2D eigenvalue weighted by Crippen LogP contribution is 2.24. The van der Waals surface area contributed by atoms with E-state index < -0.39 is 0 Å². The van der Waals surface area contributed by atoms with E-state index in [0.29, 0.717) is 13.1 Å². The number of aromatic nitrogens is 2. The molecule has 0 aliphatic carbocycles. The molecule has 6 nitrogen and oxygen atoms in total. The maximum Gasteiger partial charge on any atom is 0.244 e. The van der Waals surface area contributed by atoms with Crippen molar-refractivity contribution in [3.63, 3.8) is 0 Å². The molecule has 1 aliphatic heterocycles. The van der Waals surface area contributed by atoms with Crippen molar-refractivity contribution in [3.8, 4) is 0 Å². The van der Waals surface area contributed by atoms with E-state index in [1.54, 1.807) is 25.3 Å². The molecule has 1 amide bonds. The number of carbonyl (C=O) groups excluding carboxylic acids is 1. The molecule has 19 heavy (non-hydrogen) atoms. The zero-order valence-corrected chi connectivity index (χ0v) is 11.8. The van der Waals surface area contributed by atoms with Gasteiger partial charge in [-0.25, -0.2) is 9.97 Å². The van der Waals surface area contributed by atoms with Gasteiger partial charge in [-0.2, -0.15) is 0 Å². The summed E-state index contributed by atoms with van der Waals surface area (Å²) in [4.78, 5) is 22.3. The lowest BCUT2D eigenvalue weighted by Crippen LogP contribution is -2.44. The summed E-state index contributed by atoms with van der Waals surface area (Å²) < 4.78 is 5.35. The summed E-state index contributed by atoms with van der Waals surface area (Å²) in [5.41, 5.74) is 1.40. The number of nitrogens with zero attached hydrogens (tertiary/aromatic N) is 3. The van der Waals surface area contributed by atoms with Crippen molar-refractivity contribution in [2.45, 2.75) is 32.0 Å². The summed E-state index contributed by atoms with van der Waals surface area (Å²) in [5.74, 6) is 0.0127. The average Bonchev–Trinajstić information content (AvgIpc) is 2.81. The third kappa shape index (κ3) is 2.90. The first-order chi connectivity index (χ1) is 8.94. The molecule has 1 aromatic heterocycles. The monoisotopic (exact) mass is 264 g/mol. The topological polar surface area (TPSA) is 67.3 Å². The molecular formula is C13H20N4O2. The van der Waals surface area contributed by atoms with Crippen LogP contribution in [-0.2, 0) is 16.1 Å². The highest BCUT2D eigenvalue weighted by Gasteiger charge is 2.33. The van der Waals surface area contributed by atoms with E-state index >= 15 is 0 Å². The van der Waals surface area contributed by atoms with Crippen LogP contribution in [0.4, 0.5) is 0 Å². The second kappa shape index (κ2) is 5.22. The number of ether oxygens (including phenoxy) is 1. The van der Waals surface area contributed by atoms with Gasteiger partial charge in [-0.15, -0.1) is 0 Å². The maximum absolute atomic E-state index is 12.5. The molecule has 1 aliphatic rings. The molecule has 104 valence electrons. The van der Waals surface area contributed by atoms with Gasteiger partial charge >= 0.3 is 0 Å². The Kier molecular flexibility index (Phi) is 3.82. The summed E-state index contributed by atoms with van der Waals surface area (Å²) in [7, 11) is 3.43. The minimum absolute atomic E-state index is 0.0127. The van der Waals surface area contributed by atoms with Crippen LogP contribution in [-0.4, -0.2) is 47.1 Å². The lowest BCUT2D eigenvalue weighted by atomic mass is 10.1.